The monoisotopic (exact) mass is 448 g/mol. The third kappa shape index (κ3) is 5.11. The van der Waals surface area contributed by atoms with Crippen molar-refractivity contribution < 1.29 is 23.8 Å². The van der Waals surface area contributed by atoms with Gasteiger partial charge < -0.3 is 19.5 Å². The Hall–Kier alpha value is -3.03. The number of hydrogen-bond donors (Lipinski definition) is 1. The number of nitrogens with one attached hydrogen (secondary N) is 1. The third-order valence-corrected chi connectivity index (χ3v) is 4.55. The highest BCUT2D eigenvalue weighted by Crippen LogP contribution is 2.30. The lowest BCUT2D eigenvalue weighted by Gasteiger charge is -2.11. The average molecular weight is 449 g/mol. The van der Waals surface area contributed by atoms with Gasteiger partial charge in [0.05, 0.1) is 17.7 Å². The highest BCUT2D eigenvalue weighted by atomic mass is 35.5. The first-order valence-corrected chi connectivity index (χ1v) is 9.72. The van der Waals surface area contributed by atoms with Crippen molar-refractivity contribution in [1.29, 1.82) is 0 Å². The fourth-order valence-corrected chi connectivity index (χ4v) is 3.12. The van der Waals surface area contributed by atoms with E-state index in [9.17, 15) is 9.59 Å². The van der Waals surface area contributed by atoms with Crippen LogP contribution in [-0.2, 0) is 14.3 Å². The van der Waals surface area contributed by atoms with E-state index in [4.69, 9.17) is 37.4 Å². The van der Waals surface area contributed by atoms with Gasteiger partial charge >= 0.3 is 5.97 Å². The molecule has 2 aromatic rings. The number of ether oxygens (including phenoxy) is 3. The molecule has 1 amide bonds. The summed E-state index contributed by atoms with van der Waals surface area (Å²) in [6, 6.07) is 9.82. The van der Waals surface area contributed by atoms with E-state index in [1.165, 1.54) is 7.11 Å². The van der Waals surface area contributed by atoms with Gasteiger partial charge in [0.15, 0.2) is 23.8 Å². The van der Waals surface area contributed by atoms with E-state index in [0.717, 1.165) is 0 Å². The van der Waals surface area contributed by atoms with Crippen LogP contribution in [0.3, 0.4) is 0 Å². The van der Waals surface area contributed by atoms with Crippen LogP contribution >= 0.6 is 23.2 Å². The number of methoxy groups -OCH3 is 1. The van der Waals surface area contributed by atoms with E-state index >= 15 is 0 Å². The second-order valence-electron chi connectivity index (χ2n) is 6.11. The minimum Gasteiger partial charge on any atom is -0.493 e. The summed E-state index contributed by atoms with van der Waals surface area (Å²) in [6.07, 6.45) is 1.55. The van der Waals surface area contributed by atoms with E-state index < -0.39 is 5.97 Å². The summed E-state index contributed by atoms with van der Waals surface area (Å²) >= 11 is 12.1. The zero-order valence-corrected chi connectivity index (χ0v) is 17.7. The maximum absolute atomic E-state index is 12.2. The molecule has 1 aliphatic rings. The van der Waals surface area contributed by atoms with E-state index in [0.29, 0.717) is 39.2 Å². The van der Waals surface area contributed by atoms with Crippen LogP contribution in [0.1, 0.15) is 18.1 Å². The molecule has 0 aliphatic carbocycles. The number of esters is 1. The van der Waals surface area contributed by atoms with Gasteiger partial charge in [-0.3, -0.25) is 4.79 Å². The number of aliphatic imine (C=N–C) groups is 1. The van der Waals surface area contributed by atoms with Crippen molar-refractivity contribution in [3.05, 3.63) is 63.3 Å². The van der Waals surface area contributed by atoms with E-state index in [2.05, 4.69) is 10.3 Å². The Morgan fingerprint density at radius 2 is 2.00 bits per heavy atom. The zero-order valence-electron chi connectivity index (χ0n) is 16.2. The van der Waals surface area contributed by atoms with Crippen LogP contribution in [0, 0.1) is 0 Å². The van der Waals surface area contributed by atoms with E-state index in [1.54, 1.807) is 42.5 Å². The molecule has 3 rings (SSSR count). The molecular formula is C21H18Cl2N2O5. The Bertz CT molecular complexity index is 1050. The molecule has 0 aromatic heterocycles. The van der Waals surface area contributed by atoms with Gasteiger partial charge in [0.25, 0.3) is 5.91 Å². The van der Waals surface area contributed by atoms with Crippen LogP contribution in [-0.4, -0.2) is 38.0 Å². The van der Waals surface area contributed by atoms with E-state index in [-0.39, 0.29) is 24.1 Å². The van der Waals surface area contributed by atoms with Gasteiger partial charge in [-0.15, -0.1) is 0 Å². The summed E-state index contributed by atoms with van der Waals surface area (Å²) in [5.74, 6) is 0.0671. The SMILES string of the molecule is CCNC(=O)COc1ccc(/C=C2\N=C(c3ccc(Cl)cc3Cl)OC2=O)cc1OC. The van der Waals surface area contributed by atoms with Crippen LogP contribution in [0.4, 0.5) is 0 Å². The van der Waals surface area contributed by atoms with E-state index in [1.807, 2.05) is 6.92 Å². The number of carbonyl (C=O) groups excluding carboxylic acids is 2. The van der Waals surface area contributed by atoms with Gasteiger partial charge in [0.1, 0.15) is 0 Å². The molecule has 0 atom stereocenters. The predicted molar refractivity (Wildman–Crippen MR) is 114 cm³/mol. The van der Waals surface area contributed by atoms with Gasteiger partial charge in [-0.05, 0) is 48.9 Å². The lowest BCUT2D eigenvalue weighted by molar-refractivity contribution is -0.130. The fraction of sp³-hybridized carbons (Fsp3) is 0.190. The molecule has 9 heteroatoms. The normalized spacial score (nSPS) is 14.3. The molecule has 1 N–H and O–H groups in total. The van der Waals surface area contributed by atoms with Crippen molar-refractivity contribution in [2.24, 2.45) is 4.99 Å². The van der Waals surface area contributed by atoms with Crippen molar-refractivity contribution in [2.75, 3.05) is 20.3 Å². The first kappa shape index (κ1) is 21.7. The zero-order chi connectivity index (χ0) is 21.7. The third-order valence-electron chi connectivity index (χ3n) is 4.01. The molecule has 0 saturated heterocycles. The van der Waals surface area contributed by atoms with Crippen molar-refractivity contribution >= 4 is 47.1 Å². The summed E-state index contributed by atoms with van der Waals surface area (Å²) in [7, 11) is 1.48. The van der Waals surface area contributed by atoms with Crippen LogP contribution < -0.4 is 14.8 Å². The maximum atomic E-state index is 12.2. The molecule has 1 aliphatic heterocycles. The van der Waals surface area contributed by atoms with Crippen LogP contribution in [0.15, 0.2) is 47.1 Å². The average Bonchev–Trinajstić information content (AvgIpc) is 3.07. The van der Waals surface area contributed by atoms with Crippen molar-refractivity contribution in [1.82, 2.24) is 5.32 Å². The molecular weight excluding hydrogens is 431 g/mol. The number of rotatable bonds is 7. The Kier molecular flexibility index (Phi) is 6.97. The highest BCUT2D eigenvalue weighted by Gasteiger charge is 2.25. The van der Waals surface area contributed by atoms with Crippen molar-refractivity contribution in [3.63, 3.8) is 0 Å². The molecule has 0 unspecified atom stereocenters. The molecule has 0 radical (unpaired) electrons. The number of likely N-dealkylation sites (N-methyl/N-ethyl adjacent to an activating group) is 1. The Morgan fingerprint density at radius 3 is 2.70 bits per heavy atom. The number of hydrogen-bond acceptors (Lipinski definition) is 6. The lowest BCUT2D eigenvalue weighted by Crippen LogP contribution is -2.28. The largest absolute Gasteiger partial charge is 0.493 e. The molecule has 0 fully saturated rings. The molecule has 0 spiro atoms. The van der Waals surface area contributed by atoms with Crippen LogP contribution in [0.5, 0.6) is 11.5 Å². The van der Waals surface area contributed by atoms with Gasteiger partial charge in [-0.2, -0.15) is 0 Å². The minimum atomic E-state index is -0.605. The number of halogens is 2. The number of cyclic esters (lactones) is 1. The van der Waals surface area contributed by atoms with Crippen LogP contribution in [0.2, 0.25) is 10.0 Å². The Balaban J connectivity index is 1.82. The summed E-state index contributed by atoms with van der Waals surface area (Å²) in [6.45, 7) is 2.21. The minimum absolute atomic E-state index is 0.0989. The standard InChI is InChI=1S/C21H18Cl2N2O5/c1-3-24-19(26)11-29-17-7-4-12(9-18(17)28-2)8-16-21(27)30-20(25-16)14-6-5-13(22)10-15(14)23/h4-10H,3,11H2,1-2H3,(H,24,26)/b16-8-. The summed E-state index contributed by atoms with van der Waals surface area (Å²) in [5.41, 5.74) is 1.20. The lowest BCUT2D eigenvalue weighted by atomic mass is 10.1. The fourth-order valence-electron chi connectivity index (χ4n) is 2.63. The highest BCUT2D eigenvalue weighted by molar-refractivity contribution is 6.37. The number of amides is 1. The molecule has 30 heavy (non-hydrogen) atoms. The van der Waals surface area contributed by atoms with Crippen LogP contribution in [0.25, 0.3) is 6.08 Å². The Morgan fingerprint density at radius 1 is 1.20 bits per heavy atom. The summed E-state index contributed by atoms with van der Waals surface area (Å²) in [5, 5.41) is 3.43. The second kappa shape index (κ2) is 9.65. The summed E-state index contributed by atoms with van der Waals surface area (Å²) < 4.78 is 16.0. The first-order chi connectivity index (χ1) is 14.4. The van der Waals surface area contributed by atoms with Crippen molar-refractivity contribution in [3.8, 4) is 11.5 Å². The molecule has 1 heterocycles. The number of benzene rings is 2. The van der Waals surface area contributed by atoms with Gasteiger partial charge in [0.2, 0.25) is 5.90 Å². The molecule has 7 nitrogen and oxygen atoms in total. The topological polar surface area (TPSA) is 86.2 Å². The molecule has 2 aromatic carbocycles. The molecule has 0 saturated carbocycles. The molecule has 0 bridgehead atoms. The van der Waals surface area contributed by atoms with Gasteiger partial charge in [-0.25, -0.2) is 9.79 Å². The number of carbonyl (C=O) groups is 2. The molecule has 156 valence electrons. The van der Waals surface area contributed by atoms with Gasteiger partial charge in [-0.1, -0.05) is 29.3 Å². The Labute approximate surface area is 183 Å². The van der Waals surface area contributed by atoms with Crippen molar-refractivity contribution in [2.45, 2.75) is 6.92 Å². The predicted octanol–water partition coefficient (Wildman–Crippen LogP) is 3.86. The first-order valence-electron chi connectivity index (χ1n) is 8.96. The quantitative estimate of drug-likeness (QED) is 0.513. The second-order valence-corrected chi connectivity index (χ2v) is 6.96. The maximum Gasteiger partial charge on any atom is 0.363 e. The number of nitrogens with zero attached hydrogens (tertiary/aromatic N) is 1. The smallest absolute Gasteiger partial charge is 0.363 e. The van der Waals surface area contributed by atoms with Gasteiger partial charge in [0, 0.05) is 11.6 Å². The summed E-state index contributed by atoms with van der Waals surface area (Å²) in [4.78, 5) is 28.0.